The van der Waals surface area contributed by atoms with Crippen LogP contribution in [0.5, 0.6) is 5.75 Å². The van der Waals surface area contributed by atoms with E-state index in [9.17, 15) is 5.11 Å². The normalized spacial score (nSPS) is 14.2. The predicted molar refractivity (Wildman–Crippen MR) is 77.2 cm³/mol. The van der Waals surface area contributed by atoms with E-state index in [1.54, 1.807) is 18.9 Å². The zero-order valence-electron chi connectivity index (χ0n) is 11.2. The lowest BCUT2D eigenvalue weighted by Gasteiger charge is -2.25. The number of ether oxygens (including phenoxy) is 1. The first kappa shape index (κ1) is 15.3. The zero-order valence-corrected chi connectivity index (χ0v) is 12.0. The monoisotopic (exact) mass is 269 g/mol. The van der Waals surface area contributed by atoms with Crippen LogP contribution < -0.4 is 10.5 Å². The van der Waals surface area contributed by atoms with Gasteiger partial charge in [0.1, 0.15) is 5.75 Å². The summed E-state index contributed by atoms with van der Waals surface area (Å²) in [6.07, 6.45) is 2.68. The number of hydrogen-bond acceptors (Lipinski definition) is 4. The van der Waals surface area contributed by atoms with Gasteiger partial charge >= 0.3 is 0 Å². The second kappa shape index (κ2) is 7.67. The van der Waals surface area contributed by atoms with Gasteiger partial charge in [-0.1, -0.05) is 13.0 Å². The van der Waals surface area contributed by atoms with Crippen LogP contribution in [0.15, 0.2) is 29.2 Å². The maximum Gasteiger partial charge on any atom is 0.119 e. The quantitative estimate of drug-likeness (QED) is 0.563. The van der Waals surface area contributed by atoms with Crippen molar-refractivity contribution < 1.29 is 9.84 Å². The van der Waals surface area contributed by atoms with Crippen LogP contribution >= 0.6 is 11.8 Å². The highest BCUT2D eigenvalue weighted by molar-refractivity contribution is 7.99. The van der Waals surface area contributed by atoms with E-state index in [4.69, 9.17) is 10.5 Å². The Hall–Kier alpha value is -0.710. The minimum atomic E-state index is -0.408. The molecule has 0 fully saturated rings. The van der Waals surface area contributed by atoms with Crippen molar-refractivity contribution in [3.05, 3.63) is 24.3 Å². The van der Waals surface area contributed by atoms with Crippen molar-refractivity contribution >= 4 is 11.8 Å². The Morgan fingerprint density at radius 2 is 2.22 bits per heavy atom. The summed E-state index contributed by atoms with van der Waals surface area (Å²) in [6, 6.07) is 8.05. The molecule has 4 heteroatoms. The van der Waals surface area contributed by atoms with Gasteiger partial charge in [0, 0.05) is 10.4 Å². The molecule has 0 spiro atoms. The highest BCUT2D eigenvalue weighted by Gasteiger charge is 2.20. The fourth-order valence-electron chi connectivity index (χ4n) is 1.67. The van der Waals surface area contributed by atoms with Crippen LogP contribution in [0.25, 0.3) is 0 Å². The van der Waals surface area contributed by atoms with E-state index in [1.165, 1.54) is 4.90 Å². The van der Waals surface area contributed by atoms with Crippen molar-refractivity contribution in [2.45, 2.75) is 36.6 Å². The van der Waals surface area contributed by atoms with Gasteiger partial charge in [-0.05, 0) is 43.2 Å². The predicted octanol–water partition coefficient (Wildman–Crippen LogP) is 2.67. The van der Waals surface area contributed by atoms with E-state index in [-0.39, 0.29) is 6.61 Å². The van der Waals surface area contributed by atoms with Crippen LogP contribution in [0, 0.1) is 0 Å². The van der Waals surface area contributed by atoms with Crippen LogP contribution in [-0.4, -0.2) is 30.1 Å². The molecule has 0 aromatic heterocycles. The van der Waals surface area contributed by atoms with Crippen LogP contribution in [-0.2, 0) is 0 Å². The number of methoxy groups -OCH3 is 1. The third-order valence-electron chi connectivity index (χ3n) is 3.15. The van der Waals surface area contributed by atoms with Crippen molar-refractivity contribution in [1.82, 2.24) is 0 Å². The summed E-state index contributed by atoms with van der Waals surface area (Å²) in [7, 11) is 1.68. The van der Waals surface area contributed by atoms with E-state index < -0.39 is 5.54 Å². The molecule has 3 N–H and O–H groups in total. The first-order chi connectivity index (χ1) is 8.63. The van der Waals surface area contributed by atoms with Gasteiger partial charge in [-0.3, -0.25) is 0 Å². The minimum absolute atomic E-state index is 0.0628. The number of nitrogens with two attached hydrogens (primary N) is 1. The minimum Gasteiger partial charge on any atom is -0.497 e. The summed E-state index contributed by atoms with van der Waals surface area (Å²) in [5, 5.41) is 9.22. The molecule has 1 atom stereocenters. The Morgan fingerprint density at radius 3 is 2.83 bits per heavy atom. The second-order valence-corrected chi connectivity index (χ2v) is 5.67. The van der Waals surface area contributed by atoms with E-state index in [0.29, 0.717) is 0 Å². The fraction of sp³-hybridized carbons (Fsp3) is 0.571. The number of thioether (sulfide) groups is 1. The average molecular weight is 269 g/mol. The third-order valence-corrected chi connectivity index (χ3v) is 4.23. The molecule has 0 aliphatic heterocycles. The maximum atomic E-state index is 9.22. The SMILES string of the molecule is CCC(N)(CO)CCCSc1cccc(OC)c1. The lowest BCUT2D eigenvalue weighted by atomic mass is 9.93. The highest BCUT2D eigenvalue weighted by atomic mass is 32.2. The van der Waals surface area contributed by atoms with Gasteiger partial charge in [-0.2, -0.15) is 0 Å². The van der Waals surface area contributed by atoms with E-state index >= 15 is 0 Å². The summed E-state index contributed by atoms with van der Waals surface area (Å²) in [6.45, 7) is 2.08. The Labute approximate surface area is 114 Å². The molecule has 1 rings (SSSR count). The molecule has 0 amide bonds. The summed E-state index contributed by atoms with van der Waals surface area (Å²) in [5.41, 5.74) is 5.63. The molecule has 18 heavy (non-hydrogen) atoms. The number of aliphatic hydroxyl groups is 1. The second-order valence-electron chi connectivity index (χ2n) is 4.51. The summed E-state index contributed by atoms with van der Waals surface area (Å²) < 4.78 is 5.18. The summed E-state index contributed by atoms with van der Waals surface area (Å²) >= 11 is 1.79. The molecular weight excluding hydrogens is 246 g/mol. The smallest absolute Gasteiger partial charge is 0.119 e. The van der Waals surface area contributed by atoms with E-state index in [0.717, 1.165) is 30.8 Å². The zero-order chi connectivity index (χ0) is 13.4. The van der Waals surface area contributed by atoms with Gasteiger partial charge < -0.3 is 15.6 Å². The van der Waals surface area contributed by atoms with Crippen molar-refractivity contribution in [3.63, 3.8) is 0 Å². The van der Waals surface area contributed by atoms with Crippen LogP contribution in [0.3, 0.4) is 0 Å². The standard InChI is InChI=1S/C14H23NO2S/c1-3-14(15,11-16)8-5-9-18-13-7-4-6-12(10-13)17-2/h4,6-7,10,16H,3,5,8-9,11,15H2,1-2H3. The lowest BCUT2D eigenvalue weighted by molar-refractivity contribution is 0.182. The van der Waals surface area contributed by atoms with Crippen LogP contribution in [0.4, 0.5) is 0 Å². The Morgan fingerprint density at radius 1 is 1.44 bits per heavy atom. The molecule has 0 aliphatic rings. The molecule has 102 valence electrons. The van der Waals surface area contributed by atoms with Gasteiger partial charge in [-0.25, -0.2) is 0 Å². The summed E-state index contributed by atoms with van der Waals surface area (Å²) in [5.74, 6) is 1.89. The molecule has 0 radical (unpaired) electrons. The number of benzene rings is 1. The Balaban J connectivity index is 2.33. The molecule has 0 heterocycles. The average Bonchev–Trinajstić information content (AvgIpc) is 2.43. The first-order valence-corrected chi connectivity index (χ1v) is 7.28. The number of aliphatic hydroxyl groups excluding tert-OH is 1. The van der Waals surface area contributed by atoms with Crippen molar-refractivity contribution in [3.8, 4) is 5.75 Å². The van der Waals surface area contributed by atoms with Crippen molar-refractivity contribution in [1.29, 1.82) is 0 Å². The van der Waals surface area contributed by atoms with Gasteiger partial charge in [0.15, 0.2) is 0 Å². The molecule has 1 aromatic carbocycles. The molecule has 0 aliphatic carbocycles. The van der Waals surface area contributed by atoms with E-state index in [2.05, 4.69) is 6.07 Å². The summed E-state index contributed by atoms with van der Waals surface area (Å²) in [4.78, 5) is 1.21. The molecule has 1 aromatic rings. The van der Waals surface area contributed by atoms with Crippen molar-refractivity contribution in [2.24, 2.45) is 5.73 Å². The Bertz CT molecular complexity index is 353. The molecule has 0 saturated heterocycles. The molecular formula is C14H23NO2S. The molecule has 0 saturated carbocycles. The van der Waals surface area contributed by atoms with Crippen molar-refractivity contribution in [2.75, 3.05) is 19.5 Å². The Kier molecular flexibility index (Phi) is 6.54. The van der Waals surface area contributed by atoms with Gasteiger partial charge in [0.2, 0.25) is 0 Å². The first-order valence-electron chi connectivity index (χ1n) is 6.30. The maximum absolute atomic E-state index is 9.22. The highest BCUT2D eigenvalue weighted by Crippen LogP contribution is 2.24. The van der Waals surface area contributed by atoms with Gasteiger partial charge in [0.25, 0.3) is 0 Å². The molecule has 1 unspecified atom stereocenters. The topological polar surface area (TPSA) is 55.5 Å². The molecule has 0 bridgehead atoms. The largest absolute Gasteiger partial charge is 0.497 e. The number of hydrogen-bond donors (Lipinski definition) is 2. The van der Waals surface area contributed by atoms with Gasteiger partial charge in [0.05, 0.1) is 13.7 Å². The third kappa shape index (κ3) is 4.88. The van der Waals surface area contributed by atoms with Gasteiger partial charge in [-0.15, -0.1) is 11.8 Å². The van der Waals surface area contributed by atoms with Crippen LogP contribution in [0.2, 0.25) is 0 Å². The fourth-order valence-corrected chi connectivity index (χ4v) is 2.57. The lowest BCUT2D eigenvalue weighted by Crippen LogP contribution is -2.42. The number of rotatable bonds is 8. The van der Waals surface area contributed by atoms with E-state index in [1.807, 2.05) is 25.1 Å². The van der Waals surface area contributed by atoms with Crippen LogP contribution in [0.1, 0.15) is 26.2 Å². The molecule has 3 nitrogen and oxygen atoms in total.